The van der Waals surface area contributed by atoms with Crippen LogP contribution in [0.15, 0.2) is 60.7 Å². The van der Waals surface area contributed by atoms with E-state index in [4.69, 9.17) is 4.74 Å². The molecular weight excluding hydrogens is 471 g/mol. The van der Waals surface area contributed by atoms with Gasteiger partial charge in [-0.1, -0.05) is 48.6 Å². The molecule has 3 N–H and O–H groups in total. The van der Waals surface area contributed by atoms with E-state index in [-0.39, 0.29) is 12.1 Å². The molecule has 0 fully saturated rings. The minimum atomic E-state index is -4.56. The summed E-state index contributed by atoms with van der Waals surface area (Å²) < 4.78 is 46.3. The van der Waals surface area contributed by atoms with Gasteiger partial charge in [0.25, 0.3) is 0 Å². The van der Waals surface area contributed by atoms with Crippen LogP contribution >= 0.6 is 0 Å². The van der Waals surface area contributed by atoms with Gasteiger partial charge >= 0.3 is 12.1 Å². The number of aliphatic carboxylic acids is 1. The maximum absolute atomic E-state index is 13.7. The highest BCUT2D eigenvalue weighted by Gasteiger charge is 2.34. The molecule has 0 aromatic heterocycles. The van der Waals surface area contributed by atoms with Crippen LogP contribution in [0.2, 0.25) is 0 Å². The number of methoxy groups -OCH3 is 1. The highest BCUT2D eigenvalue weighted by Crippen LogP contribution is 2.34. The summed E-state index contributed by atoms with van der Waals surface area (Å²) in [7, 11) is 1.59. The first-order valence-electron chi connectivity index (χ1n) is 11.2. The van der Waals surface area contributed by atoms with Crippen molar-refractivity contribution < 1.29 is 32.9 Å². The van der Waals surface area contributed by atoms with Crippen LogP contribution in [0.25, 0.3) is 23.3 Å². The van der Waals surface area contributed by atoms with Gasteiger partial charge in [-0.3, -0.25) is 10.1 Å². The van der Waals surface area contributed by atoms with E-state index in [1.54, 1.807) is 13.2 Å². The fourth-order valence-corrected chi connectivity index (χ4v) is 3.71. The third-order valence-corrected chi connectivity index (χ3v) is 6.11. The lowest BCUT2D eigenvalue weighted by atomic mass is 9.95. The van der Waals surface area contributed by atoms with E-state index in [1.807, 2.05) is 49.4 Å². The fourth-order valence-electron chi connectivity index (χ4n) is 3.71. The van der Waals surface area contributed by atoms with Crippen molar-refractivity contribution >= 4 is 18.1 Å². The molecule has 5 nitrogen and oxygen atoms in total. The Hall–Kier alpha value is -3.62. The monoisotopic (exact) mass is 499 g/mol. The fraction of sp³-hybridized carbons (Fsp3) is 0.250. The number of carbonyl (C=O) groups is 1. The molecule has 3 aromatic carbocycles. The molecule has 0 heterocycles. The Morgan fingerprint density at radius 1 is 1.03 bits per heavy atom. The third kappa shape index (κ3) is 6.13. The van der Waals surface area contributed by atoms with Crippen molar-refractivity contribution in [3.8, 4) is 16.9 Å². The van der Waals surface area contributed by atoms with Gasteiger partial charge in [0.15, 0.2) is 0 Å². The molecule has 0 aliphatic heterocycles. The Morgan fingerprint density at radius 2 is 1.69 bits per heavy atom. The predicted octanol–water partition coefficient (Wildman–Crippen LogP) is 5.79. The zero-order chi connectivity index (χ0) is 26.5. The van der Waals surface area contributed by atoms with Crippen LogP contribution in [-0.4, -0.2) is 35.4 Å². The van der Waals surface area contributed by atoms with Gasteiger partial charge in [-0.25, -0.2) is 0 Å². The number of aliphatic hydroxyl groups excluding tert-OH is 1. The van der Waals surface area contributed by atoms with E-state index in [9.17, 15) is 28.2 Å². The lowest BCUT2D eigenvalue weighted by Crippen LogP contribution is -2.52. The molecule has 8 heteroatoms. The molecule has 0 radical (unpaired) electrons. The standard InChI is InChI=1S/C28H28F3NO4/c1-18-20(5-4-6-24(18)21-10-12-23(36-3)13-11-21)8-9-22-15-19(7-14-25(22)28(29,30)31)16-32-27(2,17-33)26(34)35/h4-15,32-33H,16-17H2,1-3H3,(H,34,35)/b9-8+. The van der Waals surface area contributed by atoms with Crippen molar-refractivity contribution in [2.45, 2.75) is 32.1 Å². The van der Waals surface area contributed by atoms with Gasteiger partial charge in [0.2, 0.25) is 0 Å². The van der Waals surface area contributed by atoms with Gasteiger partial charge in [-0.05, 0) is 71.5 Å². The minimum Gasteiger partial charge on any atom is -0.497 e. The molecule has 0 saturated carbocycles. The van der Waals surface area contributed by atoms with Crippen LogP contribution in [0.5, 0.6) is 5.75 Å². The van der Waals surface area contributed by atoms with Crippen LogP contribution < -0.4 is 10.1 Å². The number of carboxylic acid groups (broad SMARTS) is 1. The number of alkyl halides is 3. The second-order valence-electron chi connectivity index (χ2n) is 8.65. The molecular formula is C28H28F3NO4. The molecule has 0 bridgehead atoms. The number of rotatable bonds is 9. The zero-order valence-electron chi connectivity index (χ0n) is 20.2. The first-order valence-corrected chi connectivity index (χ1v) is 11.2. The summed E-state index contributed by atoms with van der Waals surface area (Å²) in [5.41, 5.74) is 1.57. The van der Waals surface area contributed by atoms with Crippen LogP contribution in [-0.2, 0) is 17.5 Å². The molecule has 3 aromatic rings. The SMILES string of the molecule is COc1ccc(-c2cccc(/C=C/c3cc(CNC(C)(CO)C(=O)O)ccc3C(F)(F)F)c2C)cc1. The summed E-state index contributed by atoms with van der Waals surface area (Å²) in [5.74, 6) is -0.534. The summed E-state index contributed by atoms with van der Waals surface area (Å²) in [4.78, 5) is 11.4. The zero-order valence-corrected chi connectivity index (χ0v) is 20.2. The molecule has 0 spiro atoms. The van der Waals surface area contributed by atoms with Gasteiger partial charge in [0, 0.05) is 6.54 Å². The van der Waals surface area contributed by atoms with Gasteiger partial charge in [-0.2, -0.15) is 13.2 Å². The van der Waals surface area contributed by atoms with Crippen LogP contribution in [0.1, 0.15) is 34.7 Å². The number of hydrogen-bond donors (Lipinski definition) is 3. The molecule has 36 heavy (non-hydrogen) atoms. The second kappa shape index (κ2) is 11.0. The average molecular weight is 500 g/mol. The molecule has 3 rings (SSSR count). The van der Waals surface area contributed by atoms with E-state index in [1.165, 1.54) is 25.1 Å². The Kier molecular flexibility index (Phi) is 8.22. The summed E-state index contributed by atoms with van der Waals surface area (Å²) in [6.45, 7) is 2.51. The molecule has 0 aliphatic carbocycles. The first kappa shape index (κ1) is 27.0. The van der Waals surface area contributed by atoms with Gasteiger partial charge < -0.3 is 14.9 Å². The third-order valence-electron chi connectivity index (χ3n) is 6.11. The first-order chi connectivity index (χ1) is 17.0. The van der Waals surface area contributed by atoms with Crippen LogP contribution in [0.3, 0.4) is 0 Å². The number of carboxylic acids is 1. The number of ether oxygens (including phenoxy) is 1. The lowest BCUT2D eigenvalue weighted by Gasteiger charge is -2.24. The van der Waals surface area contributed by atoms with E-state index in [0.29, 0.717) is 5.56 Å². The summed E-state index contributed by atoms with van der Waals surface area (Å²) in [6, 6.07) is 16.8. The molecule has 0 aliphatic rings. The highest BCUT2D eigenvalue weighted by molar-refractivity contribution is 5.79. The Balaban J connectivity index is 1.95. The minimum absolute atomic E-state index is 0.0334. The number of benzene rings is 3. The lowest BCUT2D eigenvalue weighted by molar-refractivity contribution is -0.146. The second-order valence-corrected chi connectivity index (χ2v) is 8.65. The van der Waals surface area contributed by atoms with Crippen molar-refractivity contribution in [1.82, 2.24) is 5.32 Å². The Labute approximate surface area is 207 Å². The van der Waals surface area contributed by atoms with Crippen molar-refractivity contribution in [3.05, 3.63) is 88.5 Å². The number of halogens is 3. The largest absolute Gasteiger partial charge is 0.497 e. The van der Waals surface area contributed by atoms with Crippen LogP contribution in [0.4, 0.5) is 13.2 Å². The molecule has 0 saturated heterocycles. The summed E-state index contributed by atoms with van der Waals surface area (Å²) >= 11 is 0. The van der Waals surface area contributed by atoms with Crippen molar-refractivity contribution in [2.75, 3.05) is 13.7 Å². The van der Waals surface area contributed by atoms with Gasteiger partial charge in [0.05, 0.1) is 19.3 Å². The number of aliphatic hydroxyl groups is 1. The number of hydrogen-bond acceptors (Lipinski definition) is 4. The van der Waals surface area contributed by atoms with Crippen molar-refractivity contribution in [2.24, 2.45) is 0 Å². The quantitative estimate of drug-likeness (QED) is 0.325. The molecule has 1 atom stereocenters. The van der Waals surface area contributed by atoms with Crippen molar-refractivity contribution in [1.29, 1.82) is 0 Å². The molecule has 0 amide bonds. The predicted molar refractivity (Wildman–Crippen MR) is 134 cm³/mol. The van der Waals surface area contributed by atoms with Crippen LogP contribution in [0, 0.1) is 6.92 Å². The maximum Gasteiger partial charge on any atom is 0.416 e. The average Bonchev–Trinajstić information content (AvgIpc) is 2.86. The van der Waals surface area contributed by atoms with E-state index >= 15 is 0 Å². The number of nitrogens with one attached hydrogen (secondary N) is 1. The summed E-state index contributed by atoms with van der Waals surface area (Å²) in [5, 5.41) is 21.4. The van der Waals surface area contributed by atoms with E-state index < -0.39 is 29.9 Å². The van der Waals surface area contributed by atoms with Crippen molar-refractivity contribution in [3.63, 3.8) is 0 Å². The normalized spacial score (nSPS) is 13.5. The summed E-state index contributed by atoms with van der Waals surface area (Å²) in [6.07, 6.45) is -1.51. The van der Waals surface area contributed by atoms with E-state index in [2.05, 4.69) is 5.32 Å². The maximum atomic E-state index is 13.7. The Morgan fingerprint density at radius 3 is 2.28 bits per heavy atom. The molecule has 1 unspecified atom stereocenters. The van der Waals surface area contributed by atoms with Gasteiger partial charge in [0.1, 0.15) is 11.3 Å². The van der Waals surface area contributed by atoms with Gasteiger partial charge in [-0.15, -0.1) is 0 Å². The van der Waals surface area contributed by atoms with E-state index in [0.717, 1.165) is 34.1 Å². The molecule has 190 valence electrons. The Bertz CT molecular complexity index is 1250. The smallest absolute Gasteiger partial charge is 0.416 e. The topological polar surface area (TPSA) is 78.8 Å². The highest BCUT2D eigenvalue weighted by atomic mass is 19.4.